The Kier molecular flexibility index (Phi) is 4.36. The van der Waals surface area contributed by atoms with E-state index in [0.29, 0.717) is 0 Å². The summed E-state index contributed by atoms with van der Waals surface area (Å²) in [5.74, 6) is 0. The van der Waals surface area contributed by atoms with Gasteiger partial charge in [0.1, 0.15) is 0 Å². The molecule has 0 amide bonds. The predicted molar refractivity (Wildman–Crippen MR) is 69.5 cm³/mol. The van der Waals surface area contributed by atoms with Gasteiger partial charge < -0.3 is 0 Å². The van der Waals surface area contributed by atoms with Crippen LogP contribution in [0.4, 0.5) is 0 Å². The highest BCUT2D eigenvalue weighted by atomic mass is 14.0. The van der Waals surface area contributed by atoms with Crippen LogP contribution in [0.2, 0.25) is 0 Å². The molecule has 1 aromatic carbocycles. The molecular weight excluding hydrogens is 180 g/mol. The average molecular weight is 196 g/mol. The lowest BCUT2D eigenvalue weighted by molar-refractivity contribution is 1.31. The molecule has 0 fully saturated rings. The fraction of sp³-hybridized carbons (Fsp3) is 0.0667. The van der Waals surface area contributed by atoms with Gasteiger partial charge in [0.15, 0.2) is 0 Å². The molecule has 0 aliphatic carbocycles. The maximum absolute atomic E-state index is 3.80. The van der Waals surface area contributed by atoms with Crippen LogP contribution in [0.5, 0.6) is 0 Å². The van der Waals surface area contributed by atoms with Crippen molar-refractivity contribution in [3.05, 3.63) is 72.9 Å². The van der Waals surface area contributed by atoms with Crippen LogP contribution < -0.4 is 0 Å². The molecule has 0 spiro atoms. The molecule has 0 aromatic heterocycles. The van der Waals surface area contributed by atoms with Gasteiger partial charge in [-0.1, -0.05) is 61.7 Å². The quantitative estimate of drug-likeness (QED) is 0.481. The Morgan fingerprint density at radius 1 is 1.07 bits per heavy atom. The van der Waals surface area contributed by atoms with Crippen molar-refractivity contribution in [2.75, 3.05) is 0 Å². The summed E-state index contributed by atoms with van der Waals surface area (Å²) in [6.45, 7) is 11.3. The minimum absolute atomic E-state index is 0.842. The molecular formula is C15H16. The van der Waals surface area contributed by atoms with Crippen molar-refractivity contribution in [3.63, 3.8) is 0 Å². The lowest BCUT2D eigenvalue weighted by atomic mass is 10.0. The molecule has 0 heterocycles. The average Bonchev–Trinajstić information content (AvgIpc) is 2.29. The minimum Gasteiger partial charge on any atom is -0.103 e. The Morgan fingerprint density at radius 2 is 1.73 bits per heavy atom. The van der Waals surface area contributed by atoms with Gasteiger partial charge in [0.05, 0.1) is 0 Å². The van der Waals surface area contributed by atoms with Gasteiger partial charge in [-0.2, -0.15) is 0 Å². The number of benzene rings is 1. The van der Waals surface area contributed by atoms with Crippen LogP contribution in [0.15, 0.2) is 61.7 Å². The third-order valence-corrected chi connectivity index (χ3v) is 2.20. The van der Waals surface area contributed by atoms with Gasteiger partial charge in [-0.3, -0.25) is 0 Å². The third-order valence-electron chi connectivity index (χ3n) is 2.20. The van der Waals surface area contributed by atoms with Crippen molar-refractivity contribution in [3.8, 4) is 0 Å². The van der Waals surface area contributed by atoms with Gasteiger partial charge in [-0.25, -0.2) is 0 Å². The minimum atomic E-state index is 0.842. The van der Waals surface area contributed by atoms with Gasteiger partial charge in [-0.15, -0.1) is 6.58 Å². The summed E-state index contributed by atoms with van der Waals surface area (Å²) in [4.78, 5) is 0. The van der Waals surface area contributed by atoms with Crippen LogP contribution in [-0.4, -0.2) is 0 Å². The molecule has 0 aliphatic rings. The second-order valence-electron chi connectivity index (χ2n) is 3.25. The Labute approximate surface area is 92.0 Å². The molecule has 0 atom stereocenters. The normalized spacial score (nSPS) is 10.8. The molecule has 0 radical (unpaired) electrons. The van der Waals surface area contributed by atoms with Crippen LogP contribution in [0.3, 0.4) is 0 Å². The zero-order chi connectivity index (χ0) is 11.1. The number of hydrogen-bond acceptors (Lipinski definition) is 0. The van der Waals surface area contributed by atoms with Crippen molar-refractivity contribution in [1.29, 1.82) is 0 Å². The maximum Gasteiger partial charge on any atom is -0.0100 e. The molecule has 15 heavy (non-hydrogen) atoms. The van der Waals surface area contributed by atoms with Crippen molar-refractivity contribution in [1.82, 2.24) is 0 Å². The Hall–Kier alpha value is -1.82. The molecule has 0 nitrogen and oxygen atoms in total. The van der Waals surface area contributed by atoms with Crippen LogP contribution >= 0.6 is 0 Å². The monoisotopic (exact) mass is 196 g/mol. The van der Waals surface area contributed by atoms with E-state index >= 15 is 0 Å². The Morgan fingerprint density at radius 3 is 2.27 bits per heavy atom. The molecule has 0 unspecified atom stereocenters. The highest BCUT2D eigenvalue weighted by molar-refractivity contribution is 5.67. The Bertz CT molecular complexity index is 394. The zero-order valence-corrected chi connectivity index (χ0v) is 8.95. The molecule has 0 saturated carbocycles. The standard InChI is InChI=1S/C15H16/c1-4-9-13(5-2)12-15-11-8-7-10-14(15)6-3/h4-8,10-12H,1-3,9H2/b13-12-. The zero-order valence-electron chi connectivity index (χ0n) is 8.95. The summed E-state index contributed by atoms with van der Waals surface area (Å²) in [5, 5.41) is 0. The molecule has 0 heteroatoms. The first-order valence-corrected chi connectivity index (χ1v) is 4.97. The summed E-state index contributed by atoms with van der Waals surface area (Å²) in [6, 6.07) is 8.15. The fourth-order valence-corrected chi connectivity index (χ4v) is 1.40. The van der Waals surface area contributed by atoms with Gasteiger partial charge in [0, 0.05) is 0 Å². The summed E-state index contributed by atoms with van der Waals surface area (Å²) < 4.78 is 0. The summed E-state index contributed by atoms with van der Waals surface area (Å²) in [7, 11) is 0. The van der Waals surface area contributed by atoms with Crippen LogP contribution in [0.25, 0.3) is 12.2 Å². The van der Waals surface area contributed by atoms with E-state index in [9.17, 15) is 0 Å². The second-order valence-corrected chi connectivity index (χ2v) is 3.25. The number of hydrogen-bond donors (Lipinski definition) is 0. The molecule has 76 valence electrons. The summed E-state index contributed by atoms with van der Waals surface area (Å²) in [5.41, 5.74) is 3.48. The van der Waals surface area contributed by atoms with Gasteiger partial charge in [0.25, 0.3) is 0 Å². The van der Waals surface area contributed by atoms with Crippen LogP contribution in [-0.2, 0) is 0 Å². The van der Waals surface area contributed by atoms with E-state index in [-0.39, 0.29) is 0 Å². The first kappa shape index (κ1) is 11.3. The predicted octanol–water partition coefficient (Wildman–Crippen LogP) is 4.48. The van der Waals surface area contributed by atoms with Gasteiger partial charge in [-0.05, 0) is 23.1 Å². The van der Waals surface area contributed by atoms with E-state index in [1.165, 1.54) is 11.1 Å². The third kappa shape index (κ3) is 3.10. The van der Waals surface area contributed by atoms with Crippen molar-refractivity contribution in [2.24, 2.45) is 0 Å². The van der Waals surface area contributed by atoms with E-state index in [2.05, 4.69) is 31.9 Å². The number of allylic oxidation sites excluding steroid dienone is 3. The second kappa shape index (κ2) is 5.82. The topological polar surface area (TPSA) is 0 Å². The molecule has 0 bridgehead atoms. The maximum atomic E-state index is 3.80. The molecule has 1 aromatic rings. The van der Waals surface area contributed by atoms with E-state index < -0.39 is 0 Å². The first-order valence-electron chi connectivity index (χ1n) is 4.97. The van der Waals surface area contributed by atoms with Gasteiger partial charge in [0.2, 0.25) is 0 Å². The first-order chi connectivity index (χ1) is 7.31. The Balaban J connectivity index is 3.09. The largest absolute Gasteiger partial charge is 0.103 e. The smallest absolute Gasteiger partial charge is 0.0100 e. The van der Waals surface area contributed by atoms with Gasteiger partial charge >= 0.3 is 0 Å². The van der Waals surface area contributed by atoms with E-state index in [4.69, 9.17) is 0 Å². The van der Waals surface area contributed by atoms with Crippen molar-refractivity contribution >= 4 is 12.2 Å². The SMILES string of the molecule is C=CC/C(C=C)=C\c1ccccc1C=C. The molecule has 1 rings (SSSR count). The van der Waals surface area contributed by atoms with Crippen LogP contribution in [0, 0.1) is 0 Å². The van der Waals surface area contributed by atoms with E-state index in [1.54, 1.807) is 0 Å². The summed E-state index contributed by atoms with van der Waals surface area (Å²) in [6.07, 6.45) is 8.56. The van der Waals surface area contributed by atoms with Crippen molar-refractivity contribution < 1.29 is 0 Å². The van der Waals surface area contributed by atoms with Crippen molar-refractivity contribution in [2.45, 2.75) is 6.42 Å². The lowest BCUT2D eigenvalue weighted by Gasteiger charge is -2.02. The fourth-order valence-electron chi connectivity index (χ4n) is 1.40. The van der Waals surface area contributed by atoms with Crippen LogP contribution in [0.1, 0.15) is 17.5 Å². The summed E-state index contributed by atoms with van der Waals surface area (Å²) >= 11 is 0. The van der Waals surface area contributed by atoms with E-state index in [0.717, 1.165) is 12.0 Å². The highest BCUT2D eigenvalue weighted by Crippen LogP contribution is 2.16. The molecule has 0 saturated heterocycles. The highest BCUT2D eigenvalue weighted by Gasteiger charge is 1.95. The lowest BCUT2D eigenvalue weighted by Crippen LogP contribution is -1.81. The van der Waals surface area contributed by atoms with E-state index in [1.807, 2.05) is 36.4 Å². The molecule has 0 aliphatic heterocycles. The number of rotatable bonds is 5. The molecule has 0 N–H and O–H groups in total.